The summed E-state index contributed by atoms with van der Waals surface area (Å²) in [5.41, 5.74) is -3.34. The molecule has 0 bridgehead atoms. The zero-order chi connectivity index (χ0) is 18.2. The number of sulfonamides is 1. The maximum atomic E-state index is 12.3. The van der Waals surface area contributed by atoms with Gasteiger partial charge in [-0.15, -0.1) is 0 Å². The number of alkyl halides is 3. The van der Waals surface area contributed by atoms with E-state index in [1.54, 1.807) is 17.0 Å². The van der Waals surface area contributed by atoms with E-state index in [1.807, 2.05) is 12.1 Å². The highest BCUT2D eigenvalue weighted by Crippen LogP contribution is 2.27. The summed E-state index contributed by atoms with van der Waals surface area (Å²) in [4.78, 5) is 13.9. The standard InChI is InChI=1S/C16H13F3N2O3S/c17-16(18,19)25(23,24)20-13-7-5-11(6-8-13)9-21-10-12-3-1-2-4-14(12)15(21)22/h1-8,20H,9-10H2. The summed E-state index contributed by atoms with van der Waals surface area (Å²) in [6.07, 6.45) is 0. The van der Waals surface area contributed by atoms with Crippen molar-refractivity contribution >= 4 is 21.6 Å². The van der Waals surface area contributed by atoms with Gasteiger partial charge in [0.1, 0.15) is 0 Å². The van der Waals surface area contributed by atoms with Crippen LogP contribution in [0.5, 0.6) is 0 Å². The summed E-state index contributed by atoms with van der Waals surface area (Å²) in [5.74, 6) is -0.113. The van der Waals surface area contributed by atoms with Gasteiger partial charge >= 0.3 is 15.5 Å². The molecule has 9 heteroatoms. The first-order valence-corrected chi connectivity index (χ1v) is 8.71. The maximum Gasteiger partial charge on any atom is 0.516 e. The van der Waals surface area contributed by atoms with Crippen LogP contribution in [0.2, 0.25) is 0 Å². The summed E-state index contributed by atoms with van der Waals surface area (Å²) in [5, 5.41) is 0. The Kier molecular flexibility index (Phi) is 4.19. The van der Waals surface area contributed by atoms with Crippen molar-refractivity contribution in [3.8, 4) is 0 Å². The SMILES string of the molecule is O=C1c2ccccc2CN1Cc1ccc(NS(=O)(=O)C(F)(F)F)cc1. The zero-order valence-corrected chi connectivity index (χ0v) is 13.6. The molecule has 2 aromatic rings. The summed E-state index contributed by atoms with van der Waals surface area (Å²) in [7, 11) is -5.45. The van der Waals surface area contributed by atoms with E-state index < -0.39 is 15.5 Å². The lowest BCUT2D eigenvalue weighted by atomic mass is 10.1. The molecule has 1 aliphatic heterocycles. The monoisotopic (exact) mass is 370 g/mol. The number of carbonyl (C=O) groups excluding carboxylic acids is 1. The number of halogens is 3. The molecule has 0 aliphatic carbocycles. The third kappa shape index (κ3) is 3.46. The fraction of sp³-hybridized carbons (Fsp3) is 0.188. The van der Waals surface area contributed by atoms with Gasteiger partial charge in [-0.25, -0.2) is 0 Å². The number of rotatable bonds is 4. The van der Waals surface area contributed by atoms with Gasteiger partial charge in [0, 0.05) is 24.3 Å². The molecule has 1 N–H and O–H groups in total. The molecule has 5 nitrogen and oxygen atoms in total. The predicted molar refractivity (Wildman–Crippen MR) is 85.1 cm³/mol. The number of fused-ring (bicyclic) bond motifs is 1. The molecule has 0 radical (unpaired) electrons. The van der Waals surface area contributed by atoms with Crippen molar-refractivity contribution in [1.82, 2.24) is 4.90 Å². The van der Waals surface area contributed by atoms with E-state index in [9.17, 15) is 26.4 Å². The van der Waals surface area contributed by atoms with Crippen molar-refractivity contribution in [2.24, 2.45) is 0 Å². The van der Waals surface area contributed by atoms with Gasteiger partial charge in [0.15, 0.2) is 0 Å². The van der Waals surface area contributed by atoms with Gasteiger partial charge in [-0.3, -0.25) is 9.52 Å². The van der Waals surface area contributed by atoms with Crippen LogP contribution < -0.4 is 4.72 Å². The van der Waals surface area contributed by atoms with Gasteiger partial charge in [0.05, 0.1) is 0 Å². The Bertz CT molecular complexity index is 909. The van der Waals surface area contributed by atoms with Crippen molar-refractivity contribution in [3.63, 3.8) is 0 Å². The molecule has 25 heavy (non-hydrogen) atoms. The van der Waals surface area contributed by atoms with E-state index in [0.717, 1.165) is 5.56 Å². The number of hydrogen-bond donors (Lipinski definition) is 1. The lowest BCUT2D eigenvalue weighted by Gasteiger charge is -2.16. The fourth-order valence-corrected chi connectivity index (χ4v) is 3.12. The number of nitrogens with zero attached hydrogens (tertiary/aromatic N) is 1. The average molecular weight is 370 g/mol. The third-order valence-corrected chi connectivity index (χ3v) is 4.89. The second-order valence-electron chi connectivity index (χ2n) is 5.57. The van der Waals surface area contributed by atoms with Crippen LogP contribution in [0.4, 0.5) is 18.9 Å². The van der Waals surface area contributed by atoms with E-state index in [0.29, 0.717) is 17.7 Å². The van der Waals surface area contributed by atoms with Crippen molar-refractivity contribution in [1.29, 1.82) is 0 Å². The van der Waals surface area contributed by atoms with Crippen LogP contribution in [0.25, 0.3) is 0 Å². The molecule has 0 saturated heterocycles. The first kappa shape index (κ1) is 17.3. The molecular formula is C16H13F3N2O3S. The van der Waals surface area contributed by atoms with Crippen molar-refractivity contribution in [2.45, 2.75) is 18.6 Å². The molecule has 1 aliphatic rings. The lowest BCUT2D eigenvalue weighted by molar-refractivity contribution is -0.0429. The highest BCUT2D eigenvalue weighted by atomic mass is 32.2. The Morgan fingerprint density at radius 2 is 1.68 bits per heavy atom. The number of hydrogen-bond acceptors (Lipinski definition) is 3. The van der Waals surface area contributed by atoms with E-state index >= 15 is 0 Å². The number of carbonyl (C=O) groups is 1. The second kappa shape index (κ2) is 6.07. The van der Waals surface area contributed by atoms with E-state index in [2.05, 4.69) is 0 Å². The van der Waals surface area contributed by atoms with Gasteiger partial charge in [-0.1, -0.05) is 30.3 Å². The average Bonchev–Trinajstić information content (AvgIpc) is 2.85. The third-order valence-electron chi connectivity index (χ3n) is 3.78. The van der Waals surface area contributed by atoms with Crippen LogP contribution in [-0.4, -0.2) is 24.7 Å². The molecule has 0 atom stereocenters. The minimum absolute atomic E-state index is 0.113. The Morgan fingerprint density at radius 3 is 2.28 bits per heavy atom. The minimum Gasteiger partial charge on any atom is -0.330 e. The number of amides is 1. The summed E-state index contributed by atoms with van der Waals surface area (Å²) < 4.78 is 60.6. The van der Waals surface area contributed by atoms with Gasteiger partial charge in [-0.2, -0.15) is 21.6 Å². The molecule has 0 aromatic heterocycles. The molecular weight excluding hydrogens is 357 g/mol. The fourth-order valence-electron chi connectivity index (χ4n) is 2.55. The van der Waals surface area contributed by atoms with Gasteiger partial charge in [-0.05, 0) is 29.3 Å². The highest BCUT2D eigenvalue weighted by Gasteiger charge is 2.46. The van der Waals surface area contributed by atoms with E-state index in [4.69, 9.17) is 0 Å². The van der Waals surface area contributed by atoms with Gasteiger partial charge in [0.25, 0.3) is 5.91 Å². The van der Waals surface area contributed by atoms with Crippen molar-refractivity contribution in [2.75, 3.05) is 4.72 Å². The van der Waals surface area contributed by atoms with E-state index in [-0.39, 0.29) is 18.1 Å². The van der Waals surface area contributed by atoms with Crippen LogP contribution in [0.3, 0.4) is 0 Å². The molecule has 1 heterocycles. The first-order chi connectivity index (χ1) is 11.7. The molecule has 2 aromatic carbocycles. The smallest absolute Gasteiger partial charge is 0.330 e. The Morgan fingerprint density at radius 1 is 1.04 bits per heavy atom. The largest absolute Gasteiger partial charge is 0.516 e. The second-order valence-corrected chi connectivity index (χ2v) is 7.24. The highest BCUT2D eigenvalue weighted by molar-refractivity contribution is 7.93. The summed E-state index contributed by atoms with van der Waals surface area (Å²) in [6.45, 7) is 0.733. The van der Waals surface area contributed by atoms with Crippen LogP contribution in [0, 0.1) is 0 Å². The van der Waals surface area contributed by atoms with Crippen LogP contribution in [-0.2, 0) is 23.1 Å². The number of anilines is 1. The van der Waals surface area contributed by atoms with Gasteiger partial charge in [0.2, 0.25) is 0 Å². The van der Waals surface area contributed by atoms with Crippen LogP contribution in [0.15, 0.2) is 48.5 Å². The minimum atomic E-state index is -5.45. The van der Waals surface area contributed by atoms with Crippen molar-refractivity contribution < 1.29 is 26.4 Å². The summed E-state index contributed by atoms with van der Waals surface area (Å²) >= 11 is 0. The normalized spacial score (nSPS) is 14.5. The van der Waals surface area contributed by atoms with Crippen molar-refractivity contribution in [3.05, 3.63) is 65.2 Å². The maximum absolute atomic E-state index is 12.3. The molecule has 132 valence electrons. The molecule has 0 spiro atoms. The predicted octanol–water partition coefficient (Wildman–Crippen LogP) is 3.10. The Hall–Kier alpha value is -2.55. The quantitative estimate of drug-likeness (QED) is 0.899. The molecule has 0 saturated carbocycles. The molecule has 1 amide bonds. The van der Waals surface area contributed by atoms with Crippen LogP contribution >= 0.6 is 0 Å². The first-order valence-electron chi connectivity index (χ1n) is 7.22. The topological polar surface area (TPSA) is 66.5 Å². The summed E-state index contributed by atoms with van der Waals surface area (Å²) in [6, 6.07) is 12.6. The number of nitrogens with one attached hydrogen (secondary N) is 1. The lowest BCUT2D eigenvalue weighted by Crippen LogP contribution is -2.29. The molecule has 3 rings (SSSR count). The molecule has 0 unspecified atom stereocenters. The Balaban J connectivity index is 1.69. The van der Waals surface area contributed by atoms with Gasteiger partial charge < -0.3 is 4.90 Å². The number of benzene rings is 2. The molecule has 0 fully saturated rings. The zero-order valence-electron chi connectivity index (χ0n) is 12.7. The Labute approximate surface area is 142 Å². The van der Waals surface area contributed by atoms with Crippen LogP contribution in [0.1, 0.15) is 21.5 Å². The van der Waals surface area contributed by atoms with E-state index in [1.165, 1.54) is 29.0 Å².